The highest BCUT2D eigenvalue weighted by atomic mass is 35.5. The molecule has 2 saturated heterocycles. The van der Waals surface area contributed by atoms with Crippen LogP contribution in [0.5, 0.6) is 0 Å². The largest absolute Gasteiger partial charge is 0.378 e. The van der Waals surface area contributed by atoms with E-state index in [-0.39, 0.29) is 11.9 Å². The zero-order valence-electron chi connectivity index (χ0n) is 18.8. The van der Waals surface area contributed by atoms with Crippen molar-refractivity contribution < 1.29 is 9.53 Å². The van der Waals surface area contributed by atoms with Gasteiger partial charge in [-0.3, -0.25) is 9.69 Å². The first-order chi connectivity index (χ1) is 16.1. The number of aromatic nitrogens is 1. The molecule has 8 heteroatoms. The molecule has 1 atom stereocenters. The highest BCUT2D eigenvalue weighted by molar-refractivity contribution is 7.18. The van der Waals surface area contributed by atoms with Crippen molar-refractivity contribution in [1.29, 1.82) is 0 Å². The molecule has 2 fully saturated rings. The molecule has 2 aliphatic rings. The number of hydrogen-bond acceptors (Lipinski definition) is 6. The Kier molecular flexibility index (Phi) is 6.83. The van der Waals surface area contributed by atoms with Gasteiger partial charge in [0.15, 0.2) is 0 Å². The number of benzene rings is 2. The van der Waals surface area contributed by atoms with Gasteiger partial charge in [0.1, 0.15) is 0 Å². The van der Waals surface area contributed by atoms with Gasteiger partial charge in [0.05, 0.1) is 34.5 Å². The summed E-state index contributed by atoms with van der Waals surface area (Å²) in [6.45, 7) is 7.13. The smallest absolute Gasteiger partial charge is 0.241 e. The van der Waals surface area contributed by atoms with E-state index in [1.807, 2.05) is 37.3 Å². The summed E-state index contributed by atoms with van der Waals surface area (Å²) >= 11 is 7.88. The van der Waals surface area contributed by atoms with Gasteiger partial charge in [0.2, 0.25) is 5.91 Å². The monoisotopic (exact) mass is 484 g/mol. The van der Waals surface area contributed by atoms with Gasteiger partial charge >= 0.3 is 0 Å². The molecule has 33 heavy (non-hydrogen) atoms. The van der Waals surface area contributed by atoms with Crippen LogP contribution in [0, 0.1) is 0 Å². The number of carbonyl (C=O) groups is 1. The lowest BCUT2D eigenvalue weighted by Gasteiger charge is -2.34. The molecule has 174 valence electrons. The van der Waals surface area contributed by atoms with Crippen LogP contribution < -0.4 is 10.2 Å². The number of nitrogens with one attached hydrogen (secondary N) is 1. The minimum atomic E-state index is -0.168. The molecular formula is C25H29ClN4O2S. The lowest BCUT2D eigenvalue weighted by molar-refractivity contribution is -0.121. The Hall–Kier alpha value is -2.19. The number of halogens is 1. The number of nitrogens with zero attached hydrogens (tertiary/aromatic N) is 3. The van der Waals surface area contributed by atoms with Crippen LogP contribution in [0.25, 0.3) is 10.2 Å². The van der Waals surface area contributed by atoms with Crippen molar-refractivity contribution in [2.45, 2.75) is 31.7 Å². The van der Waals surface area contributed by atoms with E-state index in [4.69, 9.17) is 21.3 Å². The van der Waals surface area contributed by atoms with Gasteiger partial charge in [-0.15, -0.1) is 11.3 Å². The number of ether oxygens (including phenoxy) is 1. The first-order valence-corrected chi connectivity index (χ1v) is 12.8. The SMILES string of the molecule is C[C@H](C(=O)Nc1ccc(N2CCOCC2)cc1)N1CCC(c2nc3cc(Cl)ccc3s2)CC1. The van der Waals surface area contributed by atoms with Crippen molar-refractivity contribution >= 4 is 50.4 Å². The van der Waals surface area contributed by atoms with Crippen LogP contribution in [0.15, 0.2) is 42.5 Å². The van der Waals surface area contributed by atoms with E-state index in [0.717, 1.165) is 68.5 Å². The summed E-state index contributed by atoms with van der Waals surface area (Å²) in [6.07, 6.45) is 2.03. The first-order valence-electron chi connectivity index (χ1n) is 11.6. The number of anilines is 2. The maximum absolute atomic E-state index is 12.9. The molecule has 3 heterocycles. The third-order valence-electron chi connectivity index (χ3n) is 6.68. The van der Waals surface area contributed by atoms with Crippen LogP contribution in [0.1, 0.15) is 30.7 Å². The van der Waals surface area contributed by atoms with E-state index in [2.05, 4.69) is 27.2 Å². The first kappa shape index (κ1) is 22.6. The van der Waals surface area contributed by atoms with Crippen molar-refractivity contribution in [2.75, 3.05) is 49.6 Å². The quantitative estimate of drug-likeness (QED) is 0.552. The van der Waals surface area contributed by atoms with E-state index >= 15 is 0 Å². The van der Waals surface area contributed by atoms with E-state index in [1.54, 1.807) is 11.3 Å². The Morgan fingerprint density at radius 3 is 2.58 bits per heavy atom. The maximum Gasteiger partial charge on any atom is 0.241 e. The molecule has 6 nitrogen and oxygen atoms in total. The van der Waals surface area contributed by atoms with E-state index in [1.165, 1.54) is 15.4 Å². The Morgan fingerprint density at radius 2 is 1.85 bits per heavy atom. The fraction of sp³-hybridized carbons (Fsp3) is 0.440. The van der Waals surface area contributed by atoms with E-state index in [0.29, 0.717) is 5.92 Å². The van der Waals surface area contributed by atoms with Crippen LogP contribution in [-0.4, -0.2) is 61.2 Å². The van der Waals surface area contributed by atoms with Crippen LogP contribution in [0.4, 0.5) is 11.4 Å². The summed E-state index contributed by atoms with van der Waals surface area (Å²) in [5, 5.41) is 5.00. The van der Waals surface area contributed by atoms with Gasteiger partial charge < -0.3 is 15.0 Å². The van der Waals surface area contributed by atoms with Crippen LogP contribution in [-0.2, 0) is 9.53 Å². The van der Waals surface area contributed by atoms with Crippen molar-refractivity contribution in [1.82, 2.24) is 9.88 Å². The summed E-state index contributed by atoms with van der Waals surface area (Å²) in [7, 11) is 0. The van der Waals surface area contributed by atoms with Crippen molar-refractivity contribution in [3.05, 3.63) is 52.5 Å². The third-order valence-corrected chi connectivity index (χ3v) is 8.12. The second kappa shape index (κ2) is 9.97. The second-order valence-corrected chi connectivity index (χ2v) is 10.3. The molecule has 0 saturated carbocycles. The topological polar surface area (TPSA) is 57.7 Å². The standard InChI is InChI=1S/C25H29ClN4O2S/c1-17(24(31)27-20-3-5-21(6-4-20)30-12-14-32-15-13-30)29-10-8-18(9-11-29)25-28-22-16-19(26)2-7-23(22)33-25/h2-7,16-18H,8-15H2,1H3,(H,27,31)/t17-/m1/s1. The number of fused-ring (bicyclic) bond motifs is 1. The minimum absolute atomic E-state index is 0.0437. The average molecular weight is 485 g/mol. The molecule has 0 bridgehead atoms. The molecule has 1 amide bonds. The zero-order valence-corrected chi connectivity index (χ0v) is 20.4. The zero-order chi connectivity index (χ0) is 22.8. The Morgan fingerprint density at radius 1 is 1.12 bits per heavy atom. The van der Waals surface area contributed by atoms with Gasteiger partial charge in [0, 0.05) is 35.4 Å². The fourth-order valence-electron chi connectivity index (χ4n) is 4.62. The van der Waals surface area contributed by atoms with Gasteiger partial charge in [-0.2, -0.15) is 0 Å². The van der Waals surface area contributed by atoms with Gasteiger partial charge in [-0.05, 0) is 75.3 Å². The Labute approximate surface area is 203 Å². The molecule has 0 radical (unpaired) electrons. The molecule has 2 aliphatic heterocycles. The van der Waals surface area contributed by atoms with Gasteiger partial charge in [-0.1, -0.05) is 11.6 Å². The predicted molar refractivity (Wildman–Crippen MR) is 136 cm³/mol. The predicted octanol–water partition coefficient (Wildman–Crippen LogP) is 4.99. The minimum Gasteiger partial charge on any atom is -0.378 e. The summed E-state index contributed by atoms with van der Waals surface area (Å²) in [4.78, 5) is 22.3. The molecular weight excluding hydrogens is 456 g/mol. The number of rotatable bonds is 5. The average Bonchev–Trinajstić information content (AvgIpc) is 3.28. The van der Waals surface area contributed by atoms with Crippen LogP contribution in [0.2, 0.25) is 5.02 Å². The maximum atomic E-state index is 12.9. The number of piperidine rings is 1. The molecule has 5 rings (SSSR count). The third kappa shape index (κ3) is 5.17. The molecule has 0 aliphatic carbocycles. The van der Waals surface area contributed by atoms with Crippen LogP contribution >= 0.6 is 22.9 Å². The number of morpholine rings is 1. The highest BCUT2D eigenvalue weighted by Gasteiger charge is 2.29. The molecule has 0 unspecified atom stereocenters. The number of likely N-dealkylation sites (tertiary alicyclic amines) is 1. The number of amides is 1. The van der Waals surface area contributed by atoms with E-state index < -0.39 is 0 Å². The molecule has 1 N–H and O–H groups in total. The molecule has 0 spiro atoms. The van der Waals surface area contributed by atoms with Gasteiger partial charge in [-0.25, -0.2) is 4.98 Å². The molecule has 3 aromatic rings. The lowest BCUT2D eigenvalue weighted by Crippen LogP contribution is -2.45. The molecule has 1 aromatic heterocycles. The summed E-state index contributed by atoms with van der Waals surface area (Å²) in [5.41, 5.74) is 2.99. The number of hydrogen-bond donors (Lipinski definition) is 1. The summed E-state index contributed by atoms with van der Waals surface area (Å²) < 4.78 is 6.60. The Bertz CT molecular complexity index is 1110. The van der Waals surface area contributed by atoms with Gasteiger partial charge in [0.25, 0.3) is 0 Å². The highest BCUT2D eigenvalue weighted by Crippen LogP contribution is 2.35. The van der Waals surface area contributed by atoms with E-state index in [9.17, 15) is 4.79 Å². The fourth-order valence-corrected chi connectivity index (χ4v) is 5.90. The van der Waals surface area contributed by atoms with Crippen molar-refractivity contribution in [2.24, 2.45) is 0 Å². The van der Waals surface area contributed by atoms with Crippen molar-refractivity contribution in [3.8, 4) is 0 Å². The normalized spacial score (nSPS) is 19.0. The van der Waals surface area contributed by atoms with Crippen LogP contribution in [0.3, 0.4) is 0 Å². The Balaban J connectivity index is 1.14. The summed E-state index contributed by atoms with van der Waals surface area (Å²) in [5.74, 6) is 0.489. The number of carbonyl (C=O) groups excluding carboxylic acids is 1. The number of thiazole rings is 1. The van der Waals surface area contributed by atoms with Crippen molar-refractivity contribution in [3.63, 3.8) is 0 Å². The lowest BCUT2D eigenvalue weighted by atomic mass is 9.96. The molecule has 2 aromatic carbocycles. The summed E-state index contributed by atoms with van der Waals surface area (Å²) in [6, 6.07) is 13.9. The second-order valence-electron chi connectivity index (χ2n) is 8.79.